The molecule has 0 unspecified atom stereocenters. The second-order valence-corrected chi connectivity index (χ2v) is 4.21. The third kappa shape index (κ3) is 3.25. The molecule has 0 saturated carbocycles. The Morgan fingerprint density at radius 3 is 2.76 bits per heavy atom. The SMILES string of the molecule is CCNc1nc(C)c([N+](=O)[O-])c(Oc2cnn(CC)c2)n1. The summed E-state index contributed by atoms with van der Waals surface area (Å²) in [6, 6.07) is 0. The minimum absolute atomic E-state index is 0.0981. The van der Waals surface area contributed by atoms with E-state index in [2.05, 4.69) is 20.4 Å². The van der Waals surface area contributed by atoms with Gasteiger partial charge < -0.3 is 10.1 Å². The predicted molar refractivity (Wildman–Crippen MR) is 75.6 cm³/mol. The highest BCUT2D eigenvalue weighted by Gasteiger charge is 2.24. The van der Waals surface area contributed by atoms with Crippen LogP contribution in [-0.2, 0) is 6.54 Å². The highest BCUT2D eigenvalue weighted by molar-refractivity contribution is 5.50. The summed E-state index contributed by atoms with van der Waals surface area (Å²) in [6.07, 6.45) is 3.13. The van der Waals surface area contributed by atoms with Crippen LogP contribution in [0.4, 0.5) is 11.6 Å². The quantitative estimate of drug-likeness (QED) is 0.641. The Labute approximate surface area is 121 Å². The molecular formula is C12H16N6O3. The second-order valence-electron chi connectivity index (χ2n) is 4.21. The maximum Gasteiger partial charge on any atom is 0.352 e. The molecule has 2 heterocycles. The van der Waals surface area contributed by atoms with Gasteiger partial charge in [0, 0.05) is 13.1 Å². The van der Waals surface area contributed by atoms with Crippen molar-refractivity contribution >= 4 is 11.6 Å². The number of aromatic nitrogens is 4. The van der Waals surface area contributed by atoms with Crippen molar-refractivity contribution < 1.29 is 9.66 Å². The Balaban J connectivity index is 2.41. The highest BCUT2D eigenvalue weighted by Crippen LogP contribution is 2.32. The first-order valence-corrected chi connectivity index (χ1v) is 6.52. The summed E-state index contributed by atoms with van der Waals surface area (Å²) in [5.41, 5.74) is -0.00950. The standard InChI is InChI=1S/C12H16N6O3/c1-4-13-12-15-8(3)10(18(19)20)11(16-12)21-9-6-14-17(5-2)7-9/h6-7H,4-5H2,1-3H3,(H,13,15,16). The van der Waals surface area contributed by atoms with Crippen molar-refractivity contribution in [3.8, 4) is 11.6 Å². The fourth-order valence-corrected chi connectivity index (χ4v) is 1.74. The van der Waals surface area contributed by atoms with Gasteiger partial charge in [0.1, 0.15) is 5.69 Å². The Morgan fingerprint density at radius 2 is 2.19 bits per heavy atom. The van der Waals surface area contributed by atoms with Crippen LogP contribution >= 0.6 is 0 Å². The van der Waals surface area contributed by atoms with Gasteiger partial charge in [-0.2, -0.15) is 10.1 Å². The maximum atomic E-state index is 11.2. The number of nitrogens with one attached hydrogen (secondary N) is 1. The molecule has 0 bridgehead atoms. The van der Waals surface area contributed by atoms with Crippen LogP contribution in [0.15, 0.2) is 12.4 Å². The first-order valence-electron chi connectivity index (χ1n) is 6.52. The molecular weight excluding hydrogens is 276 g/mol. The van der Waals surface area contributed by atoms with E-state index in [-0.39, 0.29) is 17.3 Å². The van der Waals surface area contributed by atoms with Gasteiger partial charge in [0.15, 0.2) is 5.75 Å². The molecule has 0 aliphatic heterocycles. The Kier molecular flexibility index (Phi) is 4.31. The van der Waals surface area contributed by atoms with E-state index in [9.17, 15) is 10.1 Å². The van der Waals surface area contributed by atoms with Crippen molar-refractivity contribution in [2.45, 2.75) is 27.3 Å². The first kappa shape index (κ1) is 14.7. The molecule has 2 aromatic rings. The third-order valence-corrected chi connectivity index (χ3v) is 2.69. The van der Waals surface area contributed by atoms with Gasteiger partial charge in [-0.1, -0.05) is 0 Å². The number of nitrogens with zero attached hydrogens (tertiary/aromatic N) is 5. The van der Waals surface area contributed by atoms with E-state index >= 15 is 0 Å². The zero-order valence-electron chi connectivity index (χ0n) is 12.0. The monoisotopic (exact) mass is 292 g/mol. The minimum atomic E-state index is -0.551. The van der Waals surface area contributed by atoms with Gasteiger partial charge in [-0.15, -0.1) is 0 Å². The number of rotatable bonds is 6. The van der Waals surface area contributed by atoms with Crippen molar-refractivity contribution in [3.05, 3.63) is 28.2 Å². The fraction of sp³-hybridized carbons (Fsp3) is 0.417. The zero-order chi connectivity index (χ0) is 15.4. The Morgan fingerprint density at radius 1 is 1.43 bits per heavy atom. The van der Waals surface area contributed by atoms with Crippen molar-refractivity contribution in [2.75, 3.05) is 11.9 Å². The molecule has 0 saturated heterocycles. The Bertz CT molecular complexity index is 654. The average molecular weight is 292 g/mol. The van der Waals surface area contributed by atoms with Crippen molar-refractivity contribution in [2.24, 2.45) is 0 Å². The lowest BCUT2D eigenvalue weighted by molar-refractivity contribution is -0.386. The van der Waals surface area contributed by atoms with E-state index in [1.54, 1.807) is 17.8 Å². The van der Waals surface area contributed by atoms with Gasteiger partial charge >= 0.3 is 11.6 Å². The number of hydrogen-bond donors (Lipinski definition) is 1. The highest BCUT2D eigenvalue weighted by atomic mass is 16.6. The van der Waals surface area contributed by atoms with Gasteiger partial charge in [-0.3, -0.25) is 14.8 Å². The number of aryl methyl sites for hydroxylation is 2. The summed E-state index contributed by atoms with van der Waals surface area (Å²) in [7, 11) is 0. The van der Waals surface area contributed by atoms with Crippen LogP contribution < -0.4 is 10.1 Å². The zero-order valence-corrected chi connectivity index (χ0v) is 12.0. The molecule has 2 aromatic heterocycles. The predicted octanol–water partition coefficient (Wildman–Crippen LogP) is 2.13. The van der Waals surface area contributed by atoms with Crippen molar-refractivity contribution in [1.29, 1.82) is 0 Å². The summed E-state index contributed by atoms with van der Waals surface area (Å²) in [4.78, 5) is 18.7. The van der Waals surface area contributed by atoms with Crippen molar-refractivity contribution in [3.63, 3.8) is 0 Å². The first-order chi connectivity index (χ1) is 10.0. The van der Waals surface area contributed by atoms with Crippen LogP contribution in [-0.4, -0.2) is 31.2 Å². The molecule has 0 amide bonds. The topological polar surface area (TPSA) is 108 Å². The number of anilines is 1. The minimum Gasteiger partial charge on any atom is -0.430 e. The smallest absolute Gasteiger partial charge is 0.352 e. The van der Waals surface area contributed by atoms with Gasteiger partial charge in [0.05, 0.1) is 17.3 Å². The van der Waals surface area contributed by atoms with Crippen molar-refractivity contribution in [1.82, 2.24) is 19.7 Å². The fourth-order valence-electron chi connectivity index (χ4n) is 1.74. The third-order valence-electron chi connectivity index (χ3n) is 2.69. The lowest BCUT2D eigenvalue weighted by Crippen LogP contribution is -2.07. The second kappa shape index (κ2) is 6.16. The molecule has 0 atom stereocenters. The van der Waals surface area contributed by atoms with E-state index in [0.717, 1.165) is 0 Å². The summed E-state index contributed by atoms with van der Waals surface area (Å²) in [5.74, 6) is 0.582. The summed E-state index contributed by atoms with van der Waals surface area (Å²) in [5, 5.41) is 18.1. The normalized spacial score (nSPS) is 10.4. The molecule has 0 radical (unpaired) electrons. The van der Waals surface area contributed by atoms with Gasteiger partial charge in [-0.25, -0.2) is 4.98 Å². The summed E-state index contributed by atoms with van der Waals surface area (Å²) >= 11 is 0. The van der Waals surface area contributed by atoms with Crippen LogP contribution in [0, 0.1) is 17.0 Å². The van der Waals surface area contributed by atoms with Crippen LogP contribution in [0.5, 0.6) is 11.6 Å². The lowest BCUT2D eigenvalue weighted by atomic mass is 10.3. The molecule has 9 heteroatoms. The Hall–Kier alpha value is -2.71. The molecule has 0 aliphatic rings. The van der Waals surface area contributed by atoms with E-state index in [1.165, 1.54) is 6.20 Å². The van der Waals surface area contributed by atoms with Gasteiger partial charge in [0.25, 0.3) is 0 Å². The molecule has 9 nitrogen and oxygen atoms in total. The summed E-state index contributed by atoms with van der Waals surface area (Å²) in [6.45, 7) is 6.63. The molecule has 0 spiro atoms. The molecule has 1 N–H and O–H groups in total. The van der Waals surface area contributed by atoms with Crippen LogP contribution in [0.2, 0.25) is 0 Å². The molecule has 0 fully saturated rings. The van der Waals surface area contributed by atoms with E-state index in [4.69, 9.17) is 4.74 Å². The maximum absolute atomic E-state index is 11.2. The van der Waals surface area contributed by atoms with Crippen LogP contribution in [0.3, 0.4) is 0 Å². The number of hydrogen-bond acceptors (Lipinski definition) is 7. The molecule has 2 rings (SSSR count). The number of nitro groups is 1. The van der Waals surface area contributed by atoms with Gasteiger partial charge in [-0.05, 0) is 20.8 Å². The summed E-state index contributed by atoms with van der Waals surface area (Å²) < 4.78 is 7.16. The number of ether oxygens (including phenoxy) is 1. The van der Waals surface area contributed by atoms with E-state index in [1.807, 2.05) is 13.8 Å². The van der Waals surface area contributed by atoms with Crippen LogP contribution in [0.25, 0.3) is 0 Å². The average Bonchev–Trinajstić information content (AvgIpc) is 2.85. The van der Waals surface area contributed by atoms with Crippen LogP contribution in [0.1, 0.15) is 19.5 Å². The van der Waals surface area contributed by atoms with E-state index in [0.29, 0.717) is 24.8 Å². The van der Waals surface area contributed by atoms with E-state index < -0.39 is 4.92 Å². The molecule has 0 aromatic carbocycles. The molecule has 0 aliphatic carbocycles. The molecule has 112 valence electrons. The molecule has 21 heavy (non-hydrogen) atoms. The van der Waals surface area contributed by atoms with Gasteiger partial charge in [0.2, 0.25) is 5.95 Å². The largest absolute Gasteiger partial charge is 0.430 e. The lowest BCUT2D eigenvalue weighted by Gasteiger charge is -2.07.